The van der Waals surface area contributed by atoms with Gasteiger partial charge < -0.3 is 20.4 Å². The second kappa shape index (κ2) is 8.77. The van der Waals surface area contributed by atoms with E-state index in [9.17, 15) is 0 Å². The zero-order valence-electron chi connectivity index (χ0n) is 15.2. The lowest BCUT2D eigenvalue weighted by molar-refractivity contribution is 0.291. The lowest BCUT2D eigenvalue weighted by atomic mass is 10.2. The second-order valence-electron chi connectivity index (χ2n) is 7.26. The van der Waals surface area contributed by atoms with Crippen molar-refractivity contribution in [2.75, 3.05) is 57.3 Å². The van der Waals surface area contributed by atoms with Gasteiger partial charge in [-0.2, -0.15) is 0 Å². The molecule has 0 saturated carbocycles. The van der Waals surface area contributed by atoms with E-state index in [1.54, 1.807) is 0 Å². The predicted octanol–water partition coefficient (Wildman–Crippen LogP) is 2.51. The highest BCUT2D eigenvalue weighted by atomic mass is 35.5. The molecule has 0 aromatic heterocycles. The molecule has 138 valence electrons. The Morgan fingerprint density at radius 1 is 1.08 bits per heavy atom. The summed E-state index contributed by atoms with van der Waals surface area (Å²) in [6.45, 7) is 10.5. The summed E-state index contributed by atoms with van der Waals surface area (Å²) in [4.78, 5) is 11.8. The Balaban J connectivity index is 1.44. The number of benzene rings is 1. The number of hydrogen-bond acceptors (Lipinski definition) is 3. The number of nitrogens with two attached hydrogens (primary N) is 1. The van der Waals surface area contributed by atoms with E-state index < -0.39 is 0 Å². The van der Waals surface area contributed by atoms with Crippen LogP contribution in [0.15, 0.2) is 29.3 Å². The Bertz CT molecular complexity index is 560. The van der Waals surface area contributed by atoms with Crippen LogP contribution in [0.4, 0.5) is 5.69 Å². The zero-order chi connectivity index (χ0) is 17.6. The number of guanidine groups is 1. The predicted molar refractivity (Wildman–Crippen MR) is 107 cm³/mol. The van der Waals surface area contributed by atoms with E-state index in [2.05, 4.69) is 38.7 Å². The van der Waals surface area contributed by atoms with Crippen LogP contribution < -0.4 is 10.6 Å². The molecule has 0 bridgehead atoms. The van der Waals surface area contributed by atoms with E-state index in [1.165, 1.54) is 31.6 Å². The fraction of sp³-hybridized carbons (Fsp3) is 0.632. The van der Waals surface area contributed by atoms with Crippen molar-refractivity contribution in [1.29, 1.82) is 0 Å². The average molecular weight is 364 g/mol. The van der Waals surface area contributed by atoms with E-state index in [4.69, 9.17) is 17.3 Å². The first-order valence-electron chi connectivity index (χ1n) is 9.39. The number of halogens is 1. The molecule has 0 radical (unpaired) electrons. The molecule has 1 aromatic carbocycles. The summed E-state index contributed by atoms with van der Waals surface area (Å²) in [6, 6.07) is 8.05. The van der Waals surface area contributed by atoms with Crippen molar-refractivity contribution in [3.05, 3.63) is 29.3 Å². The van der Waals surface area contributed by atoms with Gasteiger partial charge in [-0.25, -0.2) is 0 Å². The minimum Gasteiger partial charge on any atom is -0.370 e. The summed E-state index contributed by atoms with van der Waals surface area (Å²) in [5.41, 5.74) is 7.46. The Kier molecular flexibility index (Phi) is 6.43. The Hall–Kier alpha value is -1.46. The summed E-state index contributed by atoms with van der Waals surface area (Å²) in [7, 11) is 0. The van der Waals surface area contributed by atoms with Gasteiger partial charge in [0.05, 0.1) is 0 Å². The van der Waals surface area contributed by atoms with Crippen molar-refractivity contribution in [2.45, 2.75) is 19.8 Å². The molecule has 3 rings (SSSR count). The first-order chi connectivity index (χ1) is 12.1. The van der Waals surface area contributed by atoms with Crippen molar-refractivity contribution in [1.82, 2.24) is 9.80 Å². The molecule has 2 heterocycles. The molecule has 2 aliphatic rings. The molecule has 1 unspecified atom stereocenters. The molecular weight excluding hydrogens is 334 g/mol. The summed E-state index contributed by atoms with van der Waals surface area (Å²) in [5.74, 6) is 1.26. The van der Waals surface area contributed by atoms with Crippen LogP contribution in [-0.4, -0.2) is 68.1 Å². The van der Waals surface area contributed by atoms with Gasteiger partial charge in [-0.3, -0.25) is 4.99 Å². The standard InChI is InChI=1S/C19H30ClN5/c1-16(15-23-8-2-3-9-23)14-22-19(21)25-12-10-24(11-13-25)18-6-4-17(20)5-7-18/h4-7,16H,2-3,8-15H2,1H3,(H2,21,22). The second-order valence-corrected chi connectivity index (χ2v) is 7.70. The number of rotatable bonds is 5. The molecule has 0 spiro atoms. The van der Waals surface area contributed by atoms with Crippen LogP contribution in [0.2, 0.25) is 5.02 Å². The maximum Gasteiger partial charge on any atom is 0.191 e. The first-order valence-corrected chi connectivity index (χ1v) is 9.77. The van der Waals surface area contributed by atoms with Gasteiger partial charge in [0.25, 0.3) is 0 Å². The van der Waals surface area contributed by atoms with E-state index in [0.717, 1.165) is 44.3 Å². The first kappa shape index (κ1) is 18.3. The topological polar surface area (TPSA) is 48.1 Å². The van der Waals surface area contributed by atoms with Crippen LogP contribution in [0.25, 0.3) is 0 Å². The van der Waals surface area contributed by atoms with E-state index in [0.29, 0.717) is 11.9 Å². The van der Waals surface area contributed by atoms with Crippen LogP contribution in [0.3, 0.4) is 0 Å². The Morgan fingerprint density at radius 2 is 1.72 bits per heavy atom. The maximum absolute atomic E-state index is 6.24. The molecule has 1 atom stereocenters. The van der Waals surface area contributed by atoms with Crippen LogP contribution in [0.1, 0.15) is 19.8 Å². The Morgan fingerprint density at radius 3 is 2.36 bits per heavy atom. The molecule has 0 amide bonds. The zero-order valence-corrected chi connectivity index (χ0v) is 16.0. The summed E-state index contributed by atoms with van der Waals surface area (Å²) in [5, 5.41) is 0.779. The minimum atomic E-state index is 0.562. The molecular formula is C19H30ClN5. The molecule has 0 aliphatic carbocycles. The highest BCUT2D eigenvalue weighted by Crippen LogP contribution is 2.19. The van der Waals surface area contributed by atoms with Gasteiger partial charge in [0.2, 0.25) is 0 Å². The molecule has 5 nitrogen and oxygen atoms in total. The third kappa shape index (κ3) is 5.25. The minimum absolute atomic E-state index is 0.562. The monoisotopic (exact) mass is 363 g/mol. The van der Waals surface area contributed by atoms with Crippen LogP contribution in [-0.2, 0) is 0 Å². The van der Waals surface area contributed by atoms with Gasteiger partial charge in [0, 0.05) is 50.0 Å². The number of aliphatic imine (C=N–C) groups is 1. The van der Waals surface area contributed by atoms with E-state index in [-0.39, 0.29) is 0 Å². The molecule has 1 aromatic rings. The molecule has 6 heteroatoms. The molecule has 2 N–H and O–H groups in total. The molecule has 2 aliphatic heterocycles. The number of nitrogens with zero attached hydrogens (tertiary/aromatic N) is 4. The Labute approximate surface area is 156 Å². The number of anilines is 1. The third-order valence-corrected chi connectivity index (χ3v) is 5.38. The lowest BCUT2D eigenvalue weighted by Gasteiger charge is -2.36. The fourth-order valence-corrected chi connectivity index (χ4v) is 3.78. The van der Waals surface area contributed by atoms with Gasteiger partial charge >= 0.3 is 0 Å². The molecule has 2 saturated heterocycles. The van der Waals surface area contributed by atoms with Crippen molar-refractivity contribution >= 4 is 23.2 Å². The average Bonchev–Trinajstić information content (AvgIpc) is 3.13. The quantitative estimate of drug-likeness (QED) is 0.645. The van der Waals surface area contributed by atoms with Crippen molar-refractivity contribution in [3.8, 4) is 0 Å². The smallest absolute Gasteiger partial charge is 0.191 e. The van der Waals surface area contributed by atoms with Crippen molar-refractivity contribution < 1.29 is 0 Å². The van der Waals surface area contributed by atoms with Crippen molar-refractivity contribution in [3.63, 3.8) is 0 Å². The van der Waals surface area contributed by atoms with E-state index in [1.807, 2.05) is 12.1 Å². The number of hydrogen-bond donors (Lipinski definition) is 1. The highest BCUT2D eigenvalue weighted by molar-refractivity contribution is 6.30. The van der Waals surface area contributed by atoms with Gasteiger partial charge in [-0.15, -0.1) is 0 Å². The summed E-state index contributed by atoms with van der Waals surface area (Å²) in [6.07, 6.45) is 2.69. The number of piperazine rings is 1. The van der Waals surface area contributed by atoms with Gasteiger partial charge in [0.15, 0.2) is 5.96 Å². The summed E-state index contributed by atoms with van der Waals surface area (Å²) >= 11 is 5.97. The molecule has 2 fully saturated rings. The maximum atomic E-state index is 6.24. The van der Waals surface area contributed by atoms with Crippen LogP contribution in [0.5, 0.6) is 0 Å². The number of likely N-dealkylation sites (tertiary alicyclic amines) is 1. The lowest BCUT2D eigenvalue weighted by Crippen LogP contribution is -2.51. The van der Waals surface area contributed by atoms with Crippen LogP contribution in [0, 0.1) is 5.92 Å². The normalized spacial score (nSPS) is 21.0. The van der Waals surface area contributed by atoms with Gasteiger partial charge in [0.1, 0.15) is 0 Å². The summed E-state index contributed by atoms with van der Waals surface area (Å²) < 4.78 is 0. The largest absolute Gasteiger partial charge is 0.370 e. The van der Waals surface area contributed by atoms with Crippen molar-refractivity contribution in [2.24, 2.45) is 16.6 Å². The van der Waals surface area contributed by atoms with Gasteiger partial charge in [-0.1, -0.05) is 18.5 Å². The van der Waals surface area contributed by atoms with Gasteiger partial charge in [-0.05, 0) is 56.1 Å². The van der Waals surface area contributed by atoms with E-state index >= 15 is 0 Å². The highest BCUT2D eigenvalue weighted by Gasteiger charge is 2.19. The van der Waals surface area contributed by atoms with Crippen LogP contribution >= 0.6 is 11.6 Å². The molecule has 25 heavy (non-hydrogen) atoms. The fourth-order valence-electron chi connectivity index (χ4n) is 3.66. The SMILES string of the molecule is CC(CN=C(N)N1CCN(c2ccc(Cl)cc2)CC1)CN1CCCC1. The third-order valence-electron chi connectivity index (χ3n) is 5.13.